The van der Waals surface area contributed by atoms with Crippen molar-refractivity contribution in [3.8, 4) is 0 Å². The van der Waals surface area contributed by atoms with E-state index in [0.29, 0.717) is 6.42 Å². The van der Waals surface area contributed by atoms with Gasteiger partial charge in [-0.1, -0.05) is 13.8 Å². The SMILES string of the molecule is CCC(=O)[C@@H](C)CC(=O)O. The van der Waals surface area contributed by atoms with Gasteiger partial charge >= 0.3 is 5.97 Å². The molecule has 0 saturated carbocycles. The third kappa shape index (κ3) is 3.22. The summed E-state index contributed by atoms with van der Waals surface area (Å²) in [6.07, 6.45) is 0.376. The molecule has 3 heteroatoms. The van der Waals surface area contributed by atoms with Crippen molar-refractivity contribution in [2.75, 3.05) is 0 Å². The van der Waals surface area contributed by atoms with Crippen LogP contribution in [0.2, 0.25) is 0 Å². The van der Waals surface area contributed by atoms with Gasteiger partial charge in [-0.05, 0) is 0 Å². The smallest absolute Gasteiger partial charge is 0.304 e. The van der Waals surface area contributed by atoms with Gasteiger partial charge in [0.25, 0.3) is 0 Å². The van der Waals surface area contributed by atoms with Gasteiger partial charge in [-0.25, -0.2) is 0 Å². The quantitative estimate of drug-likeness (QED) is 0.642. The molecule has 0 saturated heterocycles. The Morgan fingerprint density at radius 2 is 2.00 bits per heavy atom. The van der Waals surface area contributed by atoms with Crippen LogP contribution in [-0.2, 0) is 9.59 Å². The van der Waals surface area contributed by atoms with Gasteiger partial charge in [0.15, 0.2) is 0 Å². The van der Waals surface area contributed by atoms with Crippen molar-refractivity contribution >= 4 is 11.8 Å². The molecule has 0 aliphatic rings. The summed E-state index contributed by atoms with van der Waals surface area (Å²) in [5.41, 5.74) is 0. The van der Waals surface area contributed by atoms with E-state index >= 15 is 0 Å². The molecule has 1 N–H and O–H groups in total. The Kier molecular flexibility index (Phi) is 3.69. The van der Waals surface area contributed by atoms with E-state index in [2.05, 4.69) is 0 Å². The molecule has 10 heavy (non-hydrogen) atoms. The minimum atomic E-state index is -0.908. The van der Waals surface area contributed by atoms with E-state index in [9.17, 15) is 9.59 Å². The largest absolute Gasteiger partial charge is 0.481 e. The fourth-order valence-corrected chi connectivity index (χ4v) is 0.724. The minimum absolute atomic E-state index is 0.0161. The van der Waals surface area contributed by atoms with Crippen molar-refractivity contribution in [2.24, 2.45) is 5.92 Å². The molecule has 58 valence electrons. The molecule has 0 aliphatic heterocycles. The number of carbonyl (C=O) groups is 2. The second-order valence-electron chi connectivity index (χ2n) is 2.32. The topological polar surface area (TPSA) is 54.4 Å². The van der Waals surface area contributed by atoms with Crippen molar-refractivity contribution in [3.05, 3.63) is 0 Å². The molecule has 0 amide bonds. The van der Waals surface area contributed by atoms with Crippen molar-refractivity contribution in [1.82, 2.24) is 0 Å². The van der Waals surface area contributed by atoms with Gasteiger partial charge in [-0.15, -0.1) is 0 Å². The van der Waals surface area contributed by atoms with Crippen molar-refractivity contribution in [3.63, 3.8) is 0 Å². The van der Waals surface area contributed by atoms with Crippen LogP contribution in [0.1, 0.15) is 26.7 Å². The summed E-state index contributed by atoms with van der Waals surface area (Å²) in [7, 11) is 0. The van der Waals surface area contributed by atoms with E-state index in [4.69, 9.17) is 5.11 Å². The summed E-state index contributed by atoms with van der Waals surface area (Å²) >= 11 is 0. The fraction of sp³-hybridized carbons (Fsp3) is 0.714. The van der Waals surface area contributed by atoms with Gasteiger partial charge in [-0.2, -0.15) is 0 Å². The Bertz CT molecular complexity index is 140. The number of carboxylic acid groups (broad SMARTS) is 1. The first-order valence-electron chi connectivity index (χ1n) is 3.32. The molecule has 0 aliphatic carbocycles. The zero-order valence-corrected chi connectivity index (χ0v) is 6.26. The number of hydrogen-bond donors (Lipinski definition) is 1. The molecule has 0 aromatic rings. The number of hydrogen-bond acceptors (Lipinski definition) is 2. The first-order valence-corrected chi connectivity index (χ1v) is 3.32. The second-order valence-corrected chi connectivity index (χ2v) is 2.32. The van der Waals surface area contributed by atoms with Gasteiger partial charge < -0.3 is 5.11 Å². The van der Waals surface area contributed by atoms with Crippen molar-refractivity contribution in [2.45, 2.75) is 26.7 Å². The maximum Gasteiger partial charge on any atom is 0.304 e. The van der Waals surface area contributed by atoms with E-state index in [1.165, 1.54) is 0 Å². The average Bonchev–Trinajstić information content (AvgIpc) is 1.85. The number of Topliss-reactive ketones (excluding diaryl/α,β-unsaturated/α-hetero) is 1. The second kappa shape index (κ2) is 4.04. The summed E-state index contributed by atoms with van der Waals surface area (Å²) in [6.45, 7) is 3.38. The van der Waals surface area contributed by atoms with E-state index in [-0.39, 0.29) is 18.1 Å². The zero-order valence-electron chi connectivity index (χ0n) is 6.26. The maximum absolute atomic E-state index is 10.8. The van der Waals surface area contributed by atoms with Crippen LogP contribution in [0.25, 0.3) is 0 Å². The van der Waals surface area contributed by atoms with E-state index in [1.54, 1.807) is 13.8 Å². The lowest BCUT2D eigenvalue weighted by Gasteiger charge is -2.03. The van der Waals surface area contributed by atoms with Crippen LogP contribution in [0.5, 0.6) is 0 Å². The first kappa shape index (κ1) is 9.14. The van der Waals surface area contributed by atoms with Gasteiger partial charge in [0, 0.05) is 12.3 Å². The molecular formula is C7H12O3. The number of carboxylic acids is 1. The van der Waals surface area contributed by atoms with Gasteiger partial charge in [0.2, 0.25) is 0 Å². The lowest BCUT2D eigenvalue weighted by Crippen LogP contribution is -2.13. The summed E-state index contributed by atoms with van der Waals surface area (Å²) in [4.78, 5) is 20.9. The molecule has 0 heterocycles. The Labute approximate surface area is 60.0 Å². The van der Waals surface area contributed by atoms with Crippen LogP contribution in [0.15, 0.2) is 0 Å². The molecule has 0 aromatic heterocycles. The third-order valence-corrected chi connectivity index (χ3v) is 1.38. The van der Waals surface area contributed by atoms with Gasteiger partial charge in [0.1, 0.15) is 5.78 Å². The van der Waals surface area contributed by atoms with Crippen molar-refractivity contribution < 1.29 is 14.7 Å². The van der Waals surface area contributed by atoms with E-state index in [1.807, 2.05) is 0 Å². The molecule has 0 rings (SSSR count). The minimum Gasteiger partial charge on any atom is -0.481 e. The van der Waals surface area contributed by atoms with E-state index < -0.39 is 5.97 Å². The molecule has 0 spiro atoms. The number of aliphatic carboxylic acids is 1. The molecule has 0 unspecified atom stereocenters. The lowest BCUT2D eigenvalue weighted by molar-refractivity contribution is -0.140. The predicted molar refractivity (Wildman–Crippen MR) is 36.7 cm³/mol. The van der Waals surface area contributed by atoms with E-state index in [0.717, 1.165) is 0 Å². The van der Waals surface area contributed by atoms with Crippen LogP contribution in [0.4, 0.5) is 0 Å². The molecule has 0 fully saturated rings. The molecule has 1 atom stereocenters. The van der Waals surface area contributed by atoms with Crippen LogP contribution in [-0.4, -0.2) is 16.9 Å². The zero-order chi connectivity index (χ0) is 8.15. The lowest BCUT2D eigenvalue weighted by atomic mass is 10.0. The summed E-state index contributed by atoms with van der Waals surface area (Å²) < 4.78 is 0. The maximum atomic E-state index is 10.8. The van der Waals surface area contributed by atoms with Gasteiger partial charge in [-0.3, -0.25) is 9.59 Å². The normalized spacial score (nSPS) is 12.6. The number of rotatable bonds is 4. The summed E-state index contributed by atoms with van der Waals surface area (Å²) in [5.74, 6) is -1.22. The number of carbonyl (C=O) groups excluding carboxylic acids is 1. The monoisotopic (exact) mass is 144 g/mol. The van der Waals surface area contributed by atoms with Gasteiger partial charge in [0.05, 0.1) is 6.42 Å². The Morgan fingerprint density at radius 3 is 2.30 bits per heavy atom. The first-order chi connectivity index (χ1) is 4.57. The van der Waals surface area contributed by atoms with Crippen LogP contribution in [0, 0.1) is 5.92 Å². The summed E-state index contributed by atoms with van der Waals surface area (Å²) in [5, 5.41) is 8.28. The predicted octanol–water partition coefficient (Wildman–Crippen LogP) is 1.08. The van der Waals surface area contributed by atoms with Crippen molar-refractivity contribution in [1.29, 1.82) is 0 Å². The highest BCUT2D eigenvalue weighted by Gasteiger charge is 2.13. The standard InChI is InChI=1S/C7H12O3/c1-3-6(8)5(2)4-7(9)10/h5H,3-4H2,1-2H3,(H,9,10)/t5-/m0/s1. The highest BCUT2D eigenvalue weighted by atomic mass is 16.4. The summed E-state index contributed by atoms with van der Waals surface area (Å²) in [6, 6.07) is 0. The highest BCUT2D eigenvalue weighted by molar-refractivity contribution is 5.84. The Morgan fingerprint density at radius 1 is 1.50 bits per heavy atom. The van der Waals surface area contributed by atoms with Crippen LogP contribution < -0.4 is 0 Å². The third-order valence-electron chi connectivity index (χ3n) is 1.38. The number of ketones is 1. The molecular weight excluding hydrogens is 132 g/mol. The molecule has 3 nitrogen and oxygen atoms in total. The average molecular weight is 144 g/mol. The molecule has 0 aromatic carbocycles. The highest BCUT2D eigenvalue weighted by Crippen LogP contribution is 2.04. The molecule has 0 radical (unpaired) electrons. The Hall–Kier alpha value is -0.860. The Balaban J connectivity index is 3.72. The van der Waals surface area contributed by atoms with Crippen LogP contribution >= 0.6 is 0 Å². The fourth-order valence-electron chi connectivity index (χ4n) is 0.724. The molecule has 0 bridgehead atoms. The van der Waals surface area contributed by atoms with Crippen LogP contribution in [0.3, 0.4) is 0 Å².